The molecule has 0 saturated carbocycles. The zero-order valence-electron chi connectivity index (χ0n) is 13.9. The summed E-state index contributed by atoms with van der Waals surface area (Å²) in [6, 6.07) is 5.75. The van der Waals surface area contributed by atoms with E-state index in [9.17, 15) is 18.0 Å². The quantitative estimate of drug-likeness (QED) is 0.505. The van der Waals surface area contributed by atoms with Gasteiger partial charge in [-0.05, 0) is 24.6 Å². The molecule has 2 N–H and O–H groups in total. The number of benzene rings is 1. The Morgan fingerprint density at radius 2 is 1.83 bits per heavy atom. The minimum atomic E-state index is -4.44. The molecule has 9 heteroatoms. The number of nitrogens with zero attached hydrogens (tertiary/aromatic N) is 1. The fourth-order valence-electron chi connectivity index (χ4n) is 1.96. The summed E-state index contributed by atoms with van der Waals surface area (Å²) >= 11 is 0. The van der Waals surface area contributed by atoms with E-state index >= 15 is 0 Å². The van der Waals surface area contributed by atoms with Crippen LogP contribution in [0.5, 0.6) is 0 Å². The Labute approximate surface area is 141 Å². The van der Waals surface area contributed by atoms with Crippen LogP contribution in [0.3, 0.4) is 0 Å². The predicted molar refractivity (Wildman–Crippen MR) is 89.5 cm³/mol. The molecule has 0 radical (unpaired) electrons. The molecule has 0 aliphatic heterocycles. The third-order valence-electron chi connectivity index (χ3n) is 3.10. The Morgan fingerprint density at radius 3 is 2.29 bits per heavy atom. The van der Waals surface area contributed by atoms with Crippen LogP contribution in [0.2, 0.25) is 0 Å². The summed E-state index contributed by atoms with van der Waals surface area (Å²) in [6.45, 7) is 1.58. The number of anilines is 1. The Morgan fingerprint density at radius 1 is 1.25 bits per heavy atom. The van der Waals surface area contributed by atoms with E-state index in [1.54, 1.807) is 19.1 Å². The van der Waals surface area contributed by atoms with Gasteiger partial charge in [0.05, 0.1) is 13.0 Å². The number of ether oxygens (including phenoxy) is 1. The van der Waals surface area contributed by atoms with Crippen molar-refractivity contribution in [3.05, 3.63) is 29.8 Å². The van der Waals surface area contributed by atoms with Gasteiger partial charge >= 0.3 is 5.97 Å². The van der Waals surface area contributed by atoms with E-state index in [0.717, 1.165) is 5.69 Å². The van der Waals surface area contributed by atoms with Crippen molar-refractivity contribution in [3.8, 4) is 0 Å². The Bertz CT molecular complexity index is 670. The fourth-order valence-corrected chi connectivity index (χ4v) is 2.61. The molecule has 1 amide bonds. The van der Waals surface area contributed by atoms with Gasteiger partial charge in [0, 0.05) is 19.8 Å². The number of carbonyl (C=O) groups is 2. The number of amides is 1. The highest BCUT2D eigenvalue weighted by Crippen LogP contribution is 2.12. The lowest BCUT2D eigenvalue weighted by atomic mass is 10.1. The van der Waals surface area contributed by atoms with Crippen molar-refractivity contribution < 1.29 is 27.3 Å². The van der Waals surface area contributed by atoms with Gasteiger partial charge < -0.3 is 15.0 Å². The second-order valence-corrected chi connectivity index (χ2v) is 6.86. The number of carbonyl (C=O) groups excluding carboxylic acids is 2. The van der Waals surface area contributed by atoms with Gasteiger partial charge in [-0.2, -0.15) is 8.42 Å². The topological polar surface area (TPSA) is 113 Å². The Hall–Kier alpha value is -2.13. The van der Waals surface area contributed by atoms with Crippen LogP contribution in [-0.4, -0.2) is 57.3 Å². The maximum absolute atomic E-state index is 12.0. The molecule has 24 heavy (non-hydrogen) atoms. The van der Waals surface area contributed by atoms with Gasteiger partial charge in [0.15, 0.2) is 0 Å². The monoisotopic (exact) mass is 358 g/mol. The molecule has 1 unspecified atom stereocenters. The Balaban J connectivity index is 2.75. The first-order chi connectivity index (χ1) is 11.1. The van der Waals surface area contributed by atoms with Gasteiger partial charge in [-0.15, -0.1) is 0 Å². The maximum atomic E-state index is 12.0. The second kappa shape index (κ2) is 8.65. The van der Waals surface area contributed by atoms with Crippen LogP contribution in [0, 0.1) is 0 Å². The van der Waals surface area contributed by atoms with Crippen LogP contribution >= 0.6 is 0 Å². The van der Waals surface area contributed by atoms with Gasteiger partial charge in [-0.3, -0.25) is 9.35 Å². The summed E-state index contributed by atoms with van der Waals surface area (Å²) in [5, 5.41) is 2.28. The smallest absolute Gasteiger partial charge is 0.329 e. The third kappa shape index (κ3) is 6.97. The molecule has 0 aliphatic carbocycles. The molecular weight excluding hydrogens is 336 g/mol. The van der Waals surface area contributed by atoms with Crippen molar-refractivity contribution >= 4 is 27.7 Å². The second-order valence-electron chi connectivity index (χ2n) is 5.36. The standard InChI is InChI=1S/C15H22N2O6S/c1-4-23-15(19)13(10-24(20,21)22)16-14(18)9-11-5-7-12(8-6-11)17(2)3/h5-8,13H,4,9-10H2,1-3H3,(H,16,18)(H,20,21,22). The lowest BCUT2D eigenvalue weighted by molar-refractivity contribution is -0.146. The highest BCUT2D eigenvalue weighted by Gasteiger charge is 2.27. The molecule has 1 atom stereocenters. The number of hydrogen-bond donors (Lipinski definition) is 2. The largest absolute Gasteiger partial charge is 0.464 e. The first kappa shape index (κ1) is 19.9. The van der Waals surface area contributed by atoms with Crippen LogP contribution in [-0.2, 0) is 30.9 Å². The lowest BCUT2D eigenvalue weighted by Gasteiger charge is -2.16. The molecule has 0 fully saturated rings. The van der Waals surface area contributed by atoms with Gasteiger partial charge in [-0.25, -0.2) is 4.79 Å². The van der Waals surface area contributed by atoms with Gasteiger partial charge in [0.25, 0.3) is 10.1 Å². The molecule has 0 bridgehead atoms. The molecule has 0 aromatic heterocycles. The van der Waals surface area contributed by atoms with Crippen molar-refractivity contribution in [1.82, 2.24) is 5.32 Å². The van der Waals surface area contributed by atoms with E-state index in [2.05, 4.69) is 5.32 Å². The molecule has 1 rings (SSSR count). The van der Waals surface area contributed by atoms with E-state index in [0.29, 0.717) is 5.56 Å². The zero-order chi connectivity index (χ0) is 18.3. The Kier molecular flexibility index (Phi) is 7.18. The van der Waals surface area contributed by atoms with Crippen molar-refractivity contribution in [1.29, 1.82) is 0 Å². The minimum absolute atomic E-state index is 0.0304. The van der Waals surface area contributed by atoms with Crippen molar-refractivity contribution in [2.75, 3.05) is 31.4 Å². The van der Waals surface area contributed by atoms with E-state index in [1.165, 1.54) is 0 Å². The summed E-state index contributed by atoms with van der Waals surface area (Å²) in [5.74, 6) is -2.39. The number of rotatable bonds is 8. The summed E-state index contributed by atoms with van der Waals surface area (Å²) in [5.41, 5.74) is 1.67. The van der Waals surface area contributed by atoms with Crippen LogP contribution < -0.4 is 10.2 Å². The average Bonchev–Trinajstić information content (AvgIpc) is 2.45. The average molecular weight is 358 g/mol. The van der Waals surface area contributed by atoms with Crippen LogP contribution in [0.15, 0.2) is 24.3 Å². The predicted octanol–water partition coefficient (Wildman–Crippen LogP) is 0.231. The van der Waals surface area contributed by atoms with E-state index in [4.69, 9.17) is 9.29 Å². The van der Waals surface area contributed by atoms with Crippen LogP contribution in [0.25, 0.3) is 0 Å². The number of esters is 1. The highest BCUT2D eigenvalue weighted by molar-refractivity contribution is 7.85. The maximum Gasteiger partial charge on any atom is 0.329 e. The summed E-state index contributed by atoms with van der Waals surface area (Å²) in [4.78, 5) is 25.7. The summed E-state index contributed by atoms with van der Waals surface area (Å²) in [7, 11) is -0.662. The zero-order valence-corrected chi connectivity index (χ0v) is 14.7. The van der Waals surface area contributed by atoms with Gasteiger partial charge in [-0.1, -0.05) is 12.1 Å². The molecule has 0 saturated heterocycles. The van der Waals surface area contributed by atoms with Crippen molar-refractivity contribution in [3.63, 3.8) is 0 Å². The van der Waals surface area contributed by atoms with E-state index in [-0.39, 0.29) is 13.0 Å². The molecular formula is C15H22N2O6S. The number of nitrogens with one attached hydrogen (secondary N) is 1. The van der Waals surface area contributed by atoms with Crippen molar-refractivity contribution in [2.45, 2.75) is 19.4 Å². The minimum Gasteiger partial charge on any atom is -0.464 e. The van der Waals surface area contributed by atoms with Gasteiger partial charge in [0.1, 0.15) is 11.8 Å². The number of hydrogen-bond acceptors (Lipinski definition) is 6. The lowest BCUT2D eigenvalue weighted by Crippen LogP contribution is -2.46. The molecule has 0 spiro atoms. The van der Waals surface area contributed by atoms with Crippen molar-refractivity contribution in [2.24, 2.45) is 0 Å². The SMILES string of the molecule is CCOC(=O)C(CS(=O)(=O)O)NC(=O)Cc1ccc(N(C)C)cc1. The third-order valence-corrected chi connectivity index (χ3v) is 3.86. The van der Waals surface area contributed by atoms with Crippen LogP contribution in [0.1, 0.15) is 12.5 Å². The van der Waals surface area contributed by atoms with E-state index in [1.807, 2.05) is 31.1 Å². The molecule has 0 heterocycles. The van der Waals surface area contributed by atoms with E-state index < -0.39 is 33.8 Å². The first-order valence-electron chi connectivity index (χ1n) is 7.29. The normalized spacial score (nSPS) is 12.3. The highest BCUT2D eigenvalue weighted by atomic mass is 32.2. The fraction of sp³-hybridized carbons (Fsp3) is 0.467. The van der Waals surface area contributed by atoms with Crippen LogP contribution in [0.4, 0.5) is 5.69 Å². The first-order valence-corrected chi connectivity index (χ1v) is 8.90. The summed E-state index contributed by atoms with van der Waals surface area (Å²) < 4.78 is 35.6. The molecule has 1 aromatic carbocycles. The molecule has 1 aromatic rings. The molecule has 134 valence electrons. The summed E-state index contributed by atoms with van der Waals surface area (Å²) in [6.07, 6.45) is -0.0326. The molecule has 8 nitrogen and oxygen atoms in total. The van der Waals surface area contributed by atoms with Gasteiger partial charge in [0.2, 0.25) is 5.91 Å². The molecule has 0 aliphatic rings.